The Kier molecular flexibility index (Phi) is 34.5. The van der Waals surface area contributed by atoms with E-state index in [-0.39, 0.29) is 26.2 Å². The number of hydrogen-bond acceptors (Lipinski definition) is 7. The first kappa shape index (κ1) is 47.5. The van der Waals surface area contributed by atoms with E-state index < -0.39 is 32.0 Å². The second-order valence-electron chi connectivity index (χ2n) is 14.0. The van der Waals surface area contributed by atoms with E-state index in [9.17, 15) is 24.5 Å². The fourth-order valence-corrected chi connectivity index (χ4v) is 6.94. The molecule has 0 spiro atoms. The first-order valence-corrected chi connectivity index (χ1v) is 21.7. The maximum Gasteiger partial charge on any atom is 0.472 e. The van der Waals surface area contributed by atoms with Gasteiger partial charge in [-0.05, 0) is 12.8 Å². The van der Waals surface area contributed by atoms with E-state index in [0.29, 0.717) is 12.8 Å². The zero-order chi connectivity index (χ0) is 35.6. The van der Waals surface area contributed by atoms with Gasteiger partial charge in [-0.25, -0.2) is 4.57 Å². The van der Waals surface area contributed by atoms with Crippen molar-refractivity contribution in [1.29, 1.82) is 0 Å². The second-order valence-corrected chi connectivity index (χ2v) is 15.5. The van der Waals surface area contributed by atoms with Crippen molar-refractivity contribution in [2.45, 2.75) is 218 Å². The Morgan fingerprint density at radius 1 is 0.625 bits per heavy atom. The standard InChI is InChI=1S/C38H79N2O7P/c1-3-5-7-9-11-13-14-15-16-17-18-19-20-21-22-24-26-28-30-37(42)36(34-47-48(44,45)46-32-31-39)40-38(43)33-35(41)29-27-25-23-12-10-8-6-4-2/h35-37,41-42H,3-34,39H2,1-2H3,(H,40,43)(H,44,45). The maximum atomic E-state index is 12.7. The molecule has 4 atom stereocenters. The fourth-order valence-electron chi connectivity index (χ4n) is 6.18. The molecule has 4 unspecified atom stereocenters. The van der Waals surface area contributed by atoms with Gasteiger partial charge in [-0.2, -0.15) is 0 Å². The highest BCUT2D eigenvalue weighted by Crippen LogP contribution is 2.43. The van der Waals surface area contributed by atoms with Crippen LogP contribution in [-0.2, 0) is 18.4 Å². The van der Waals surface area contributed by atoms with Gasteiger partial charge >= 0.3 is 7.82 Å². The zero-order valence-electron chi connectivity index (χ0n) is 31.4. The molecule has 0 aliphatic heterocycles. The average Bonchev–Trinajstić information content (AvgIpc) is 3.06. The largest absolute Gasteiger partial charge is 0.472 e. The predicted octanol–water partition coefficient (Wildman–Crippen LogP) is 9.64. The van der Waals surface area contributed by atoms with Crippen LogP contribution in [0, 0.1) is 0 Å². The molecule has 0 aromatic carbocycles. The Morgan fingerprint density at radius 3 is 1.40 bits per heavy atom. The van der Waals surface area contributed by atoms with Gasteiger partial charge in [-0.1, -0.05) is 181 Å². The van der Waals surface area contributed by atoms with Crippen LogP contribution in [-0.4, -0.2) is 59.0 Å². The molecule has 288 valence electrons. The van der Waals surface area contributed by atoms with E-state index in [1.807, 2.05) is 0 Å². The van der Waals surface area contributed by atoms with Crippen LogP contribution in [0.5, 0.6) is 0 Å². The third-order valence-corrected chi connectivity index (χ3v) is 10.2. The lowest BCUT2D eigenvalue weighted by molar-refractivity contribution is -0.125. The minimum absolute atomic E-state index is 0.0623. The van der Waals surface area contributed by atoms with Crippen LogP contribution in [0.15, 0.2) is 0 Å². The number of amides is 1. The van der Waals surface area contributed by atoms with Crippen LogP contribution in [0.3, 0.4) is 0 Å². The number of hydrogen-bond donors (Lipinski definition) is 5. The topological polar surface area (TPSA) is 151 Å². The van der Waals surface area contributed by atoms with Crippen molar-refractivity contribution in [2.24, 2.45) is 5.73 Å². The van der Waals surface area contributed by atoms with Gasteiger partial charge in [0.25, 0.3) is 0 Å². The molecule has 10 heteroatoms. The smallest absolute Gasteiger partial charge is 0.393 e. The van der Waals surface area contributed by atoms with Crippen molar-refractivity contribution in [3.05, 3.63) is 0 Å². The molecule has 0 fully saturated rings. The summed E-state index contributed by atoms with van der Waals surface area (Å²) in [6, 6.07) is -0.888. The average molecular weight is 707 g/mol. The number of phosphoric ester groups is 1. The van der Waals surface area contributed by atoms with E-state index in [0.717, 1.165) is 38.5 Å². The second kappa shape index (κ2) is 34.9. The molecular formula is C38H79N2O7P. The van der Waals surface area contributed by atoms with Crippen LogP contribution in [0.25, 0.3) is 0 Å². The highest BCUT2D eigenvalue weighted by molar-refractivity contribution is 7.47. The molecule has 0 aromatic rings. The Labute approximate surface area is 295 Å². The normalized spacial score (nSPS) is 14.9. The van der Waals surface area contributed by atoms with Crippen molar-refractivity contribution in [3.8, 4) is 0 Å². The number of carbonyl (C=O) groups excluding carboxylic acids is 1. The van der Waals surface area contributed by atoms with Gasteiger partial charge in [0.2, 0.25) is 5.91 Å². The van der Waals surface area contributed by atoms with Gasteiger partial charge in [-0.3, -0.25) is 13.8 Å². The number of aliphatic hydroxyl groups excluding tert-OH is 2. The summed E-state index contributed by atoms with van der Waals surface area (Å²) in [5.74, 6) is -0.414. The summed E-state index contributed by atoms with van der Waals surface area (Å²) in [6.07, 6.45) is 31.6. The zero-order valence-corrected chi connectivity index (χ0v) is 32.3. The summed E-state index contributed by atoms with van der Waals surface area (Å²) in [5, 5.41) is 24.0. The molecule has 0 aliphatic rings. The maximum absolute atomic E-state index is 12.7. The van der Waals surface area contributed by atoms with Gasteiger partial charge in [0.1, 0.15) is 0 Å². The van der Waals surface area contributed by atoms with Crippen molar-refractivity contribution < 1.29 is 33.5 Å². The molecule has 0 heterocycles. The van der Waals surface area contributed by atoms with Crippen LogP contribution >= 0.6 is 7.82 Å². The van der Waals surface area contributed by atoms with Gasteiger partial charge in [0.15, 0.2) is 0 Å². The predicted molar refractivity (Wildman–Crippen MR) is 200 cm³/mol. The SMILES string of the molecule is CCCCCCCCCCCCCCCCCCCCC(O)C(COP(=O)(O)OCCN)NC(=O)CC(O)CCCCCCCCCC. The molecule has 0 bridgehead atoms. The molecule has 0 saturated heterocycles. The lowest BCUT2D eigenvalue weighted by Gasteiger charge is -2.25. The molecule has 0 rings (SSSR count). The number of phosphoric acid groups is 1. The third-order valence-electron chi connectivity index (χ3n) is 9.27. The Hall–Kier alpha value is -0.540. The van der Waals surface area contributed by atoms with Gasteiger partial charge in [-0.15, -0.1) is 0 Å². The summed E-state index contributed by atoms with van der Waals surface area (Å²) in [7, 11) is -4.36. The molecule has 1 amide bonds. The Bertz CT molecular complexity index is 746. The van der Waals surface area contributed by atoms with E-state index in [2.05, 4.69) is 19.2 Å². The Morgan fingerprint density at radius 2 is 1.00 bits per heavy atom. The molecule has 48 heavy (non-hydrogen) atoms. The van der Waals surface area contributed by atoms with Crippen molar-refractivity contribution in [1.82, 2.24) is 5.32 Å². The van der Waals surface area contributed by atoms with E-state index in [1.54, 1.807) is 0 Å². The number of unbranched alkanes of at least 4 members (excludes halogenated alkanes) is 24. The number of carbonyl (C=O) groups is 1. The van der Waals surface area contributed by atoms with Gasteiger partial charge < -0.3 is 26.2 Å². The lowest BCUT2D eigenvalue weighted by Crippen LogP contribution is -2.47. The molecule has 0 radical (unpaired) electrons. The monoisotopic (exact) mass is 707 g/mol. The summed E-state index contributed by atoms with van der Waals surface area (Å²) in [6.45, 7) is 4.02. The van der Waals surface area contributed by atoms with Gasteiger partial charge in [0.05, 0.1) is 37.9 Å². The van der Waals surface area contributed by atoms with E-state index in [4.69, 9.17) is 14.8 Å². The van der Waals surface area contributed by atoms with Crippen molar-refractivity contribution in [2.75, 3.05) is 19.8 Å². The number of nitrogens with two attached hydrogens (primary N) is 1. The fraction of sp³-hybridized carbons (Fsp3) is 0.974. The Balaban J connectivity index is 4.24. The van der Waals surface area contributed by atoms with Crippen LogP contribution in [0.2, 0.25) is 0 Å². The highest BCUT2D eigenvalue weighted by atomic mass is 31.2. The van der Waals surface area contributed by atoms with Crippen LogP contribution < -0.4 is 11.1 Å². The molecule has 6 N–H and O–H groups in total. The molecule has 9 nitrogen and oxygen atoms in total. The number of nitrogens with one attached hydrogen (secondary N) is 1. The van der Waals surface area contributed by atoms with Crippen molar-refractivity contribution in [3.63, 3.8) is 0 Å². The number of aliphatic hydroxyl groups is 2. The molecule has 0 aromatic heterocycles. The lowest BCUT2D eigenvalue weighted by atomic mass is 10.0. The first-order valence-electron chi connectivity index (χ1n) is 20.2. The first-order chi connectivity index (χ1) is 23.3. The summed E-state index contributed by atoms with van der Waals surface area (Å²) in [5.41, 5.74) is 5.35. The summed E-state index contributed by atoms with van der Waals surface area (Å²) >= 11 is 0. The minimum atomic E-state index is -4.36. The van der Waals surface area contributed by atoms with E-state index in [1.165, 1.54) is 128 Å². The minimum Gasteiger partial charge on any atom is -0.393 e. The van der Waals surface area contributed by atoms with Crippen LogP contribution in [0.1, 0.15) is 200 Å². The summed E-state index contributed by atoms with van der Waals surface area (Å²) < 4.78 is 22.0. The van der Waals surface area contributed by atoms with Crippen LogP contribution in [0.4, 0.5) is 0 Å². The van der Waals surface area contributed by atoms with Crippen molar-refractivity contribution >= 4 is 13.7 Å². The molecular weight excluding hydrogens is 627 g/mol. The number of rotatable bonds is 38. The molecule has 0 aliphatic carbocycles. The van der Waals surface area contributed by atoms with E-state index >= 15 is 0 Å². The van der Waals surface area contributed by atoms with Gasteiger partial charge in [0, 0.05) is 6.54 Å². The summed E-state index contributed by atoms with van der Waals surface area (Å²) in [4.78, 5) is 22.6. The highest BCUT2D eigenvalue weighted by Gasteiger charge is 2.28. The molecule has 0 saturated carbocycles. The quantitative estimate of drug-likeness (QED) is 0.0315. The third kappa shape index (κ3) is 32.7.